The summed E-state index contributed by atoms with van der Waals surface area (Å²) in [6.45, 7) is 1.06. The van der Waals surface area contributed by atoms with Gasteiger partial charge in [0.05, 0.1) is 6.54 Å². The Morgan fingerprint density at radius 3 is 2.79 bits per heavy atom. The summed E-state index contributed by atoms with van der Waals surface area (Å²) in [5.74, 6) is -0.109. The second-order valence-electron chi connectivity index (χ2n) is 2.86. The first-order valence-corrected chi connectivity index (χ1v) is 4.40. The van der Waals surface area contributed by atoms with Gasteiger partial charge in [0, 0.05) is 5.69 Å². The topological polar surface area (TPSA) is 50.7 Å². The third kappa shape index (κ3) is 1.90. The summed E-state index contributed by atoms with van der Waals surface area (Å²) >= 11 is 0. The summed E-state index contributed by atoms with van der Waals surface area (Å²) in [6.07, 6.45) is 0. The molecular weight excluding hydrogens is 180 g/mol. The number of carbonyl (C=O) groups excluding carboxylic acids is 1. The van der Waals surface area contributed by atoms with Crippen molar-refractivity contribution in [3.05, 3.63) is 30.3 Å². The molecule has 0 radical (unpaired) electrons. The lowest BCUT2D eigenvalue weighted by Gasteiger charge is -2.03. The summed E-state index contributed by atoms with van der Waals surface area (Å²) in [5, 5.41) is 2.69. The van der Waals surface area contributed by atoms with Crippen LogP contribution in [0.15, 0.2) is 35.3 Å². The lowest BCUT2D eigenvalue weighted by molar-refractivity contribution is -0.111. The van der Waals surface area contributed by atoms with Crippen molar-refractivity contribution < 1.29 is 9.53 Å². The van der Waals surface area contributed by atoms with Gasteiger partial charge in [-0.1, -0.05) is 18.2 Å². The first-order chi connectivity index (χ1) is 6.86. The quantitative estimate of drug-likeness (QED) is 0.757. The van der Waals surface area contributed by atoms with Crippen LogP contribution < -0.4 is 5.32 Å². The third-order valence-electron chi connectivity index (χ3n) is 1.81. The second kappa shape index (κ2) is 3.91. The molecule has 0 unspecified atom stereocenters. The maximum atomic E-state index is 11.4. The van der Waals surface area contributed by atoms with Crippen LogP contribution >= 0.6 is 0 Å². The number of carbonyl (C=O) groups is 1. The standard InChI is InChI=1S/C10H10N2O2/c13-9(10-11-6-7-14-10)12-8-4-2-1-3-5-8/h1-5H,6-7H2,(H,12,13). The highest BCUT2D eigenvalue weighted by atomic mass is 16.5. The molecule has 0 spiro atoms. The molecule has 4 nitrogen and oxygen atoms in total. The van der Waals surface area contributed by atoms with Crippen molar-refractivity contribution in [1.82, 2.24) is 0 Å². The van der Waals surface area contributed by atoms with E-state index in [9.17, 15) is 4.79 Å². The molecule has 0 atom stereocenters. The number of hydrogen-bond acceptors (Lipinski definition) is 3. The molecule has 1 amide bonds. The maximum Gasteiger partial charge on any atom is 0.310 e. The van der Waals surface area contributed by atoms with E-state index < -0.39 is 0 Å². The van der Waals surface area contributed by atoms with Crippen molar-refractivity contribution in [3.63, 3.8) is 0 Å². The van der Waals surface area contributed by atoms with Gasteiger partial charge in [0.1, 0.15) is 6.61 Å². The van der Waals surface area contributed by atoms with E-state index in [0.717, 1.165) is 5.69 Å². The van der Waals surface area contributed by atoms with E-state index in [1.54, 1.807) is 0 Å². The predicted octanol–water partition coefficient (Wildman–Crippen LogP) is 1.05. The fourth-order valence-corrected chi connectivity index (χ4v) is 1.18. The number of aliphatic imine (C=N–C) groups is 1. The summed E-state index contributed by atoms with van der Waals surface area (Å²) in [6, 6.07) is 9.22. The Morgan fingerprint density at radius 1 is 1.36 bits per heavy atom. The second-order valence-corrected chi connectivity index (χ2v) is 2.86. The molecule has 1 heterocycles. The monoisotopic (exact) mass is 190 g/mol. The molecule has 0 aromatic heterocycles. The molecule has 1 aliphatic heterocycles. The third-order valence-corrected chi connectivity index (χ3v) is 1.81. The van der Waals surface area contributed by atoms with E-state index in [-0.39, 0.29) is 11.8 Å². The molecule has 72 valence electrons. The molecule has 4 heteroatoms. The normalized spacial score (nSPS) is 14.4. The summed E-state index contributed by atoms with van der Waals surface area (Å²) in [7, 11) is 0. The van der Waals surface area contributed by atoms with Gasteiger partial charge in [0.2, 0.25) is 0 Å². The fourth-order valence-electron chi connectivity index (χ4n) is 1.18. The number of benzene rings is 1. The number of ether oxygens (including phenoxy) is 1. The minimum atomic E-state index is -0.284. The molecule has 2 rings (SSSR count). The number of nitrogens with one attached hydrogen (secondary N) is 1. The lowest BCUT2D eigenvalue weighted by atomic mass is 10.3. The average molecular weight is 190 g/mol. The van der Waals surface area contributed by atoms with Gasteiger partial charge in [-0.05, 0) is 12.1 Å². The van der Waals surface area contributed by atoms with Crippen molar-refractivity contribution in [3.8, 4) is 0 Å². The molecule has 0 aliphatic carbocycles. The molecule has 0 bridgehead atoms. The van der Waals surface area contributed by atoms with Crippen LogP contribution in [0.5, 0.6) is 0 Å². The van der Waals surface area contributed by atoms with Crippen molar-refractivity contribution in [1.29, 1.82) is 0 Å². The van der Waals surface area contributed by atoms with Gasteiger partial charge in [-0.15, -0.1) is 0 Å². The zero-order valence-corrected chi connectivity index (χ0v) is 7.56. The zero-order chi connectivity index (χ0) is 9.80. The van der Waals surface area contributed by atoms with Crippen molar-refractivity contribution >= 4 is 17.5 Å². The first kappa shape index (κ1) is 8.74. The minimum absolute atomic E-state index is 0.175. The summed E-state index contributed by atoms with van der Waals surface area (Å²) in [5.41, 5.74) is 0.746. The van der Waals surface area contributed by atoms with Crippen LogP contribution in [0.3, 0.4) is 0 Å². The van der Waals surface area contributed by atoms with Crippen LogP contribution in [0.4, 0.5) is 5.69 Å². The van der Waals surface area contributed by atoms with Crippen molar-refractivity contribution in [2.45, 2.75) is 0 Å². The Balaban J connectivity index is 2.01. The Kier molecular flexibility index (Phi) is 2.44. The van der Waals surface area contributed by atoms with Gasteiger partial charge in [-0.25, -0.2) is 4.99 Å². The highest BCUT2D eigenvalue weighted by Gasteiger charge is 2.16. The molecular formula is C10H10N2O2. The molecule has 1 N–H and O–H groups in total. The van der Waals surface area contributed by atoms with E-state index >= 15 is 0 Å². The zero-order valence-electron chi connectivity index (χ0n) is 7.56. The Hall–Kier alpha value is -1.84. The lowest BCUT2D eigenvalue weighted by Crippen LogP contribution is -2.22. The minimum Gasteiger partial charge on any atom is -0.472 e. The van der Waals surface area contributed by atoms with E-state index in [1.807, 2.05) is 30.3 Å². The number of rotatable bonds is 2. The number of anilines is 1. The van der Waals surface area contributed by atoms with E-state index in [0.29, 0.717) is 13.2 Å². The first-order valence-electron chi connectivity index (χ1n) is 4.40. The van der Waals surface area contributed by atoms with Crippen molar-refractivity contribution in [2.24, 2.45) is 4.99 Å². The molecule has 1 aromatic carbocycles. The van der Waals surface area contributed by atoms with Crippen molar-refractivity contribution in [2.75, 3.05) is 18.5 Å². The number of hydrogen-bond donors (Lipinski definition) is 1. The molecule has 14 heavy (non-hydrogen) atoms. The highest BCUT2D eigenvalue weighted by Crippen LogP contribution is 2.06. The van der Waals surface area contributed by atoms with Gasteiger partial charge in [0.15, 0.2) is 0 Å². The van der Waals surface area contributed by atoms with Gasteiger partial charge in [0.25, 0.3) is 5.90 Å². The van der Waals surface area contributed by atoms with Crippen LogP contribution in [-0.2, 0) is 9.53 Å². The smallest absolute Gasteiger partial charge is 0.310 e. The SMILES string of the molecule is O=C(Nc1ccccc1)C1=NCCO1. The molecule has 1 aromatic rings. The van der Waals surface area contributed by atoms with Crippen LogP contribution in [0.2, 0.25) is 0 Å². The molecule has 1 aliphatic rings. The number of nitrogens with zero attached hydrogens (tertiary/aromatic N) is 1. The van der Waals surface area contributed by atoms with Crippen LogP contribution in [0.1, 0.15) is 0 Å². The maximum absolute atomic E-state index is 11.4. The van der Waals surface area contributed by atoms with Crippen LogP contribution in [-0.4, -0.2) is 25.0 Å². The van der Waals surface area contributed by atoms with E-state index in [1.165, 1.54) is 0 Å². The number of amides is 1. The Morgan fingerprint density at radius 2 is 2.14 bits per heavy atom. The largest absolute Gasteiger partial charge is 0.472 e. The molecule has 0 saturated carbocycles. The van der Waals surface area contributed by atoms with E-state index in [4.69, 9.17) is 4.74 Å². The summed E-state index contributed by atoms with van der Waals surface area (Å²) < 4.78 is 5.02. The van der Waals surface area contributed by atoms with Crippen LogP contribution in [0.25, 0.3) is 0 Å². The molecule has 0 fully saturated rings. The van der Waals surface area contributed by atoms with E-state index in [2.05, 4.69) is 10.3 Å². The van der Waals surface area contributed by atoms with Gasteiger partial charge < -0.3 is 10.1 Å². The fraction of sp³-hybridized carbons (Fsp3) is 0.200. The van der Waals surface area contributed by atoms with Gasteiger partial charge >= 0.3 is 5.91 Å². The number of para-hydroxylation sites is 1. The Labute approximate surface area is 81.6 Å². The Bertz CT molecular complexity index is 360. The average Bonchev–Trinajstić information content (AvgIpc) is 2.72. The van der Waals surface area contributed by atoms with Crippen LogP contribution in [0, 0.1) is 0 Å². The predicted molar refractivity (Wildman–Crippen MR) is 53.3 cm³/mol. The summed E-state index contributed by atoms with van der Waals surface area (Å²) in [4.78, 5) is 15.4. The van der Waals surface area contributed by atoms with Gasteiger partial charge in [-0.2, -0.15) is 0 Å². The highest BCUT2D eigenvalue weighted by molar-refractivity contribution is 6.40. The molecule has 0 saturated heterocycles. The van der Waals surface area contributed by atoms with Gasteiger partial charge in [-0.3, -0.25) is 4.79 Å².